The molecular formula is C10H15NO3. The Labute approximate surface area is 82.9 Å². The molecule has 0 bridgehead atoms. The lowest BCUT2D eigenvalue weighted by Gasteiger charge is -2.13. The number of furan rings is 1. The van der Waals surface area contributed by atoms with Crippen molar-refractivity contribution in [3.63, 3.8) is 0 Å². The fourth-order valence-corrected chi connectivity index (χ4v) is 1.08. The van der Waals surface area contributed by atoms with E-state index in [0.717, 1.165) is 5.76 Å². The van der Waals surface area contributed by atoms with Gasteiger partial charge in [-0.2, -0.15) is 0 Å². The number of carboxylic acid groups (broad SMARTS) is 1. The van der Waals surface area contributed by atoms with Crippen LogP contribution in [0.2, 0.25) is 0 Å². The number of hydrogen-bond acceptors (Lipinski definition) is 3. The Kier molecular flexibility index (Phi) is 3.71. The van der Waals surface area contributed by atoms with Crippen molar-refractivity contribution >= 4 is 5.97 Å². The van der Waals surface area contributed by atoms with Crippen LogP contribution in [0.15, 0.2) is 22.8 Å². The Bertz CT molecular complexity index is 282. The standard InChI is InChI=1S/C10H15NO3/c1-7(10(12)13)6-11-8(2)9-4-3-5-14-9/h3-5,7-8,11H,6H2,1-2H3,(H,12,13). The molecule has 0 amide bonds. The maximum atomic E-state index is 10.5. The minimum atomic E-state index is -0.788. The number of nitrogens with one attached hydrogen (secondary N) is 1. The molecule has 0 saturated carbocycles. The van der Waals surface area contributed by atoms with Gasteiger partial charge in [0, 0.05) is 6.54 Å². The van der Waals surface area contributed by atoms with Crippen LogP contribution in [0.1, 0.15) is 25.6 Å². The van der Waals surface area contributed by atoms with Crippen molar-refractivity contribution in [2.45, 2.75) is 19.9 Å². The third-order valence-electron chi connectivity index (χ3n) is 2.12. The van der Waals surface area contributed by atoms with Crippen LogP contribution in [-0.2, 0) is 4.79 Å². The van der Waals surface area contributed by atoms with E-state index in [9.17, 15) is 4.79 Å². The Balaban J connectivity index is 2.35. The van der Waals surface area contributed by atoms with Gasteiger partial charge in [-0.3, -0.25) is 4.79 Å². The molecule has 1 aromatic heterocycles. The van der Waals surface area contributed by atoms with Crippen LogP contribution in [0.3, 0.4) is 0 Å². The van der Waals surface area contributed by atoms with Crippen molar-refractivity contribution in [2.75, 3.05) is 6.54 Å². The highest BCUT2D eigenvalue weighted by molar-refractivity contribution is 5.69. The van der Waals surface area contributed by atoms with E-state index in [1.165, 1.54) is 0 Å². The summed E-state index contributed by atoms with van der Waals surface area (Å²) in [5.41, 5.74) is 0. The molecule has 0 saturated heterocycles. The number of carbonyl (C=O) groups is 1. The van der Waals surface area contributed by atoms with Gasteiger partial charge in [0.1, 0.15) is 5.76 Å². The average molecular weight is 197 g/mol. The molecule has 2 atom stereocenters. The first-order valence-electron chi connectivity index (χ1n) is 4.61. The van der Waals surface area contributed by atoms with Crippen LogP contribution >= 0.6 is 0 Å². The Morgan fingerprint density at radius 3 is 2.86 bits per heavy atom. The first-order chi connectivity index (χ1) is 6.61. The molecule has 0 radical (unpaired) electrons. The zero-order valence-electron chi connectivity index (χ0n) is 8.36. The average Bonchev–Trinajstić information content (AvgIpc) is 2.66. The number of rotatable bonds is 5. The molecule has 1 rings (SSSR count). The molecule has 4 nitrogen and oxygen atoms in total. The van der Waals surface area contributed by atoms with Crippen LogP contribution in [0.4, 0.5) is 0 Å². The predicted octanol–water partition coefficient (Wildman–Crippen LogP) is 1.65. The van der Waals surface area contributed by atoms with Gasteiger partial charge in [0.05, 0.1) is 18.2 Å². The summed E-state index contributed by atoms with van der Waals surface area (Å²) < 4.78 is 5.18. The summed E-state index contributed by atoms with van der Waals surface area (Å²) in [4.78, 5) is 10.5. The van der Waals surface area contributed by atoms with Crippen molar-refractivity contribution in [1.29, 1.82) is 0 Å². The summed E-state index contributed by atoms with van der Waals surface area (Å²) >= 11 is 0. The van der Waals surface area contributed by atoms with Gasteiger partial charge in [-0.25, -0.2) is 0 Å². The topological polar surface area (TPSA) is 62.5 Å². The minimum absolute atomic E-state index is 0.0480. The molecule has 0 spiro atoms. The number of aliphatic carboxylic acids is 1. The highest BCUT2D eigenvalue weighted by atomic mass is 16.4. The van der Waals surface area contributed by atoms with E-state index < -0.39 is 5.97 Å². The van der Waals surface area contributed by atoms with Gasteiger partial charge in [0.15, 0.2) is 0 Å². The minimum Gasteiger partial charge on any atom is -0.481 e. The smallest absolute Gasteiger partial charge is 0.307 e. The van der Waals surface area contributed by atoms with E-state index in [0.29, 0.717) is 6.54 Å². The summed E-state index contributed by atoms with van der Waals surface area (Å²) in [6.45, 7) is 4.05. The normalized spacial score (nSPS) is 15.0. The molecule has 0 aromatic carbocycles. The third-order valence-corrected chi connectivity index (χ3v) is 2.12. The first kappa shape index (κ1) is 10.8. The van der Waals surface area contributed by atoms with Gasteiger partial charge in [-0.05, 0) is 19.1 Å². The quantitative estimate of drug-likeness (QED) is 0.753. The largest absolute Gasteiger partial charge is 0.481 e. The highest BCUT2D eigenvalue weighted by Crippen LogP contribution is 2.12. The third kappa shape index (κ3) is 2.88. The van der Waals surface area contributed by atoms with Gasteiger partial charge in [-0.15, -0.1) is 0 Å². The van der Waals surface area contributed by atoms with Crippen molar-refractivity contribution in [2.24, 2.45) is 5.92 Å². The maximum absolute atomic E-state index is 10.5. The van der Waals surface area contributed by atoms with Crippen LogP contribution in [0, 0.1) is 5.92 Å². The Hall–Kier alpha value is -1.29. The summed E-state index contributed by atoms with van der Waals surface area (Å²) in [6.07, 6.45) is 1.61. The zero-order chi connectivity index (χ0) is 10.6. The van der Waals surface area contributed by atoms with E-state index in [1.54, 1.807) is 13.2 Å². The fourth-order valence-electron chi connectivity index (χ4n) is 1.08. The van der Waals surface area contributed by atoms with Gasteiger partial charge in [0.2, 0.25) is 0 Å². The van der Waals surface area contributed by atoms with Crippen molar-refractivity contribution in [3.05, 3.63) is 24.2 Å². The summed E-state index contributed by atoms with van der Waals surface area (Å²) in [7, 11) is 0. The van der Waals surface area contributed by atoms with Gasteiger partial charge >= 0.3 is 5.97 Å². The number of hydrogen-bond donors (Lipinski definition) is 2. The van der Waals surface area contributed by atoms with Crippen LogP contribution in [0.5, 0.6) is 0 Å². The molecule has 2 N–H and O–H groups in total. The Morgan fingerprint density at radius 1 is 1.64 bits per heavy atom. The van der Waals surface area contributed by atoms with Gasteiger partial charge in [-0.1, -0.05) is 6.92 Å². The van der Waals surface area contributed by atoms with E-state index in [4.69, 9.17) is 9.52 Å². The second-order valence-electron chi connectivity index (χ2n) is 3.38. The molecule has 14 heavy (non-hydrogen) atoms. The van der Waals surface area contributed by atoms with Gasteiger partial charge in [0.25, 0.3) is 0 Å². The van der Waals surface area contributed by atoms with E-state index in [-0.39, 0.29) is 12.0 Å². The van der Waals surface area contributed by atoms with E-state index >= 15 is 0 Å². The molecule has 78 valence electrons. The zero-order valence-corrected chi connectivity index (χ0v) is 8.36. The molecule has 0 fully saturated rings. The lowest BCUT2D eigenvalue weighted by atomic mass is 10.1. The summed E-state index contributed by atoms with van der Waals surface area (Å²) in [5.74, 6) is -0.348. The van der Waals surface area contributed by atoms with Crippen molar-refractivity contribution < 1.29 is 14.3 Å². The molecule has 1 heterocycles. The van der Waals surface area contributed by atoms with Crippen LogP contribution in [-0.4, -0.2) is 17.6 Å². The summed E-state index contributed by atoms with van der Waals surface area (Å²) in [6, 6.07) is 3.73. The molecular weight excluding hydrogens is 182 g/mol. The Morgan fingerprint density at radius 2 is 2.36 bits per heavy atom. The van der Waals surface area contributed by atoms with E-state index in [1.807, 2.05) is 19.1 Å². The lowest BCUT2D eigenvalue weighted by Crippen LogP contribution is -2.28. The van der Waals surface area contributed by atoms with Crippen molar-refractivity contribution in [3.8, 4) is 0 Å². The molecule has 0 aliphatic heterocycles. The molecule has 4 heteroatoms. The van der Waals surface area contributed by atoms with Gasteiger partial charge < -0.3 is 14.8 Å². The number of carboxylic acids is 1. The highest BCUT2D eigenvalue weighted by Gasteiger charge is 2.13. The first-order valence-corrected chi connectivity index (χ1v) is 4.61. The molecule has 2 unspecified atom stereocenters. The van der Waals surface area contributed by atoms with Crippen molar-refractivity contribution in [1.82, 2.24) is 5.32 Å². The predicted molar refractivity (Wildman–Crippen MR) is 51.9 cm³/mol. The fraction of sp³-hybridized carbons (Fsp3) is 0.500. The van der Waals surface area contributed by atoms with Crippen LogP contribution < -0.4 is 5.32 Å². The lowest BCUT2D eigenvalue weighted by molar-refractivity contribution is -0.141. The molecule has 0 aliphatic carbocycles. The van der Waals surface area contributed by atoms with E-state index in [2.05, 4.69) is 5.32 Å². The SMILES string of the molecule is CC(CNC(C)c1ccco1)C(=O)O. The second kappa shape index (κ2) is 4.81. The monoisotopic (exact) mass is 197 g/mol. The maximum Gasteiger partial charge on any atom is 0.307 e. The molecule has 1 aromatic rings. The van der Waals surface area contributed by atoms with Crippen LogP contribution in [0.25, 0.3) is 0 Å². The second-order valence-corrected chi connectivity index (χ2v) is 3.38. The molecule has 0 aliphatic rings. The summed E-state index contributed by atoms with van der Waals surface area (Å²) in [5, 5.41) is 11.8.